The Bertz CT molecular complexity index is 180. The van der Waals surface area contributed by atoms with E-state index in [1.165, 1.54) is 0 Å². The van der Waals surface area contributed by atoms with Crippen molar-refractivity contribution in [1.29, 1.82) is 5.41 Å². The summed E-state index contributed by atoms with van der Waals surface area (Å²) in [7, 11) is 0. The van der Waals surface area contributed by atoms with E-state index in [0.717, 1.165) is 6.42 Å². The topological polar surface area (TPSA) is 59.1 Å². The smallest absolute Gasteiger partial charge is 0.186 e. The Morgan fingerprint density at radius 3 is 2.08 bits per heavy atom. The molecule has 0 rings (SSSR count). The molecule has 0 aliphatic rings. The van der Waals surface area contributed by atoms with Crippen molar-refractivity contribution in [2.75, 3.05) is 6.61 Å². The molecule has 0 spiro atoms. The first kappa shape index (κ1) is 12.4. The normalized spacial score (nSPS) is 12.8. The van der Waals surface area contributed by atoms with Gasteiger partial charge in [0.15, 0.2) is 5.90 Å². The van der Waals surface area contributed by atoms with Gasteiger partial charge in [-0.1, -0.05) is 13.8 Å². The van der Waals surface area contributed by atoms with Gasteiger partial charge in [0.05, 0.1) is 6.61 Å². The zero-order valence-corrected chi connectivity index (χ0v) is 9.40. The molecule has 0 aliphatic heterocycles. The fourth-order valence-corrected chi connectivity index (χ4v) is 1.56. The molecule has 3 heteroatoms. The van der Waals surface area contributed by atoms with Gasteiger partial charge in [-0.05, 0) is 27.2 Å². The van der Waals surface area contributed by atoms with E-state index in [9.17, 15) is 0 Å². The van der Waals surface area contributed by atoms with Gasteiger partial charge >= 0.3 is 0 Å². The van der Waals surface area contributed by atoms with E-state index < -0.39 is 0 Å². The minimum Gasteiger partial charge on any atom is -0.481 e. The first-order valence-electron chi connectivity index (χ1n) is 4.70. The molecule has 3 N–H and O–H groups in total. The molecule has 0 saturated carbocycles. The molecule has 0 fully saturated rings. The van der Waals surface area contributed by atoms with Crippen LogP contribution in [0.25, 0.3) is 0 Å². The highest BCUT2D eigenvalue weighted by Crippen LogP contribution is 2.27. The minimum absolute atomic E-state index is 0.257. The fraction of sp³-hybridized carbons (Fsp3) is 0.900. The Morgan fingerprint density at radius 1 is 1.31 bits per heavy atom. The van der Waals surface area contributed by atoms with Crippen LogP contribution in [0.4, 0.5) is 0 Å². The van der Waals surface area contributed by atoms with Crippen LogP contribution in [-0.4, -0.2) is 18.0 Å². The Kier molecular flexibility index (Phi) is 3.91. The van der Waals surface area contributed by atoms with Crippen molar-refractivity contribution < 1.29 is 4.74 Å². The van der Waals surface area contributed by atoms with Crippen LogP contribution in [0.2, 0.25) is 0 Å². The molecular weight excluding hydrogens is 164 g/mol. The van der Waals surface area contributed by atoms with Gasteiger partial charge in [0.25, 0.3) is 0 Å². The van der Waals surface area contributed by atoms with E-state index in [-0.39, 0.29) is 11.0 Å². The van der Waals surface area contributed by atoms with E-state index in [0.29, 0.717) is 12.5 Å². The third-order valence-electron chi connectivity index (χ3n) is 1.80. The second-order valence-corrected chi connectivity index (χ2v) is 4.81. The first-order chi connectivity index (χ1) is 5.69. The first-order valence-corrected chi connectivity index (χ1v) is 4.70. The Morgan fingerprint density at radius 2 is 1.77 bits per heavy atom. The molecule has 0 aromatic rings. The van der Waals surface area contributed by atoms with E-state index in [1.54, 1.807) is 0 Å². The second kappa shape index (κ2) is 4.09. The molecule has 0 aliphatic carbocycles. The molecule has 0 heterocycles. The van der Waals surface area contributed by atoms with Gasteiger partial charge < -0.3 is 10.5 Å². The van der Waals surface area contributed by atoms with Crippen molar-refractivity contribution >= 4 is 5.90 Å². The number of hydrogen-bond donors (Lipinski definition) is 2. The summed E-state index contributed by atoms with van der Waals surface area (Å²) in [6.45, 7) is 10.3. The maximum Gasteiger partial charge on any atom is 0.186 e. The van der Waals surface area contributed by atoms with Gasteiger partial charge in [-0.25, -0.2) is 0 Å². The summed E-state index contributed by atoms with van der Waals surface area (Å²) >= 11 is 0. The lowest BCUT2D eigenvalue weighted by Crippen LogP contribution is -2.41. The average molecular weight is 186 g/mol. The summed E-state index contributed by atoms with van der Waals surface area (Å²) in [5.41, 5.74) is 5.38. The molecule has 13 heavy (non-hydrogen) atoms. The van der Waals surface area contributed by atoms with Crippen LogP contribution < -0.4 is 5.73 Å². The summed E-state index contributed by atoms with van der Waals surface area (Å²) in [5.74, 6) is 0.327. The summed E-state index contributed by atoms with van der Waals surface area (Å²) in [6.07, 6.45) is 0.749. The zero-order valence-electron chi connectivity index (χ0n) is 9.40. The van der Waals surface area contributed by atoms with Crippen LogP contribution in [0.5, 0.6) is 0 Å². The second-order valence-electron chi connectivity index (χ2n) is 4.81. The third kappa shape index (κ3) is 4.88. The lowest BCUT2D eigenvalue weighted by molar-refractivity contribution is 0.238. The highest BCUT2D eigenvalue weighted by atomic mass is 16.5. The van der Waals surface area contributed by atoms with Gasteiger partial charge in [-0.2, -0.15) is 0 Å². The predicted molar refractivity (Wildman–Crippen MR) is 56.0 cm³/mol. The molecule has 0 amide bonds. The van der Waals surface area contributed by atoms with Crippen LogP contribution >= 0.6 is 0 Å². The summed E-state index contributed by atoms with van der Waals surface area (Å²) in [5, 5.41) is 7.69. The van der Waals surface area contributed by atoms with E-state index in [2.05, 4.69) is 0 Å². The molecule has 0 aromatic heterocycles. The third-order valence-corrected chi connectivity index (χ3v) is 1.80. The van der Waals surface area contributed by atoms with Gasteiger partial charge in [0, 0.05) is 11.0 Å². The lowest BCUT2D eigenvalue weighted by atomic mass is 9.80. The maximum atomic E-state index is 7.69. The monoisotopic (exact) mass is 186 g/mol. The van der Waals surface area contributed by atoms with Crippen molar-refractivity contribution in [1.82, 2.24) is 0 Å². The molecular formula is C10H22N2O. The molecule has 3 nitrogen and oxygen atoms in total. The van der Waals surface area contributed by atoms with Crippen LogP contribution in [0.15, 0.2) is 0 Å². The van der Waals surface area contributed by atoms with Crippen molar-refractivity contribution in [2.45, 2.75) is 46.6 Å². The molecule has 0 atom stereocenters. The van der Waals surface area contributed by atoms with Crippen LogP contribution in [-0.2, 0) is 4.74 Å². The lowest BCUT2D eigenvalue weighted by Gasteiger charge is -2.31. The highest BCUT2D eigenvalue weighted by molar-refractivity contribution is 5.78. The SMILES string of the molecule is CCOC(=N)C(C)(C)CC(C)(C)N. The molecule has 0 aromatic carbocycles. The van der Waals surface area contributed by atoms with Gasteiger partial charge in [0.1, 0.15) is 0 Å². The van der Waals surface area contributed by atoms with Crippen LogP contribution in [0, 0.1) is 10.8 Å². The minimum atomic E-state index is -0.270. The largest absolute Gasteiger partial charge is 0.481 e. The maximum absolute atomic E-state index is 7.69. The van der Waals surface area contributed by atoms with Crippen LogP contribution in [0.3, 0.4) is 0 Å². The average Bonchev–Trinajstić information content (AvgIpc) is 1.82. The Labute approximate surface area is 81.2 Å². The molecule has 0 saturated heterocycles. The van der Waals surface area contributed by atoms with E-state index in [4.69, 9.17) is 15.9 Å². The van der Waals surface area contributed by atoms with Crippen molar-refractivity contribution in [3.63, 3.8) is 0 Å². The Hall–Kier alpha value is -0.570. The van der Waals surface area contributed by atoms with Gasteiger partial charge in [-0.15, -0.1) is 0 Å². The quantitative estimate of drug-likeness (QED) is 0.522. The van der Waals surface area contributed by atoms with Crippen molar-refractivity contribution in [3.8, 4) is 0 Å². The summed E-state index contributed by atoms with van der Waals surface area (Å²) < 4.78 is 5.18. The molecule has 0 bridgehead atoms. The predicted octanol–water partition coefficient (Wildman–Crippen LogP) is 2.15. The number of ether oxygens (including phenoxy) is 1. The summed E-state index contributed by atoms with van der Waals surface area (Å²) in [6, 6.07) is 0. The number of hydrogen-bond acceptors (Lipinski definition) is 3. The number of rotatable bonds is 4. The molecule has 0 radical (unpaired) electrons. The zero-order chi connectivity index (χ0) is 10.7. The fourth-order valence-electron chi connectivity index (χ4n) is 1.56. The number of nitrogens with one attached hydrogen (secondary N) is 1. The Balaban J connectivity index is 4.30. The standard InChI is InChI=1S/C10H22N2O/c1-6-13-8(11)9(2,3)7-10(4,5)12/h11H,6-7,12H2,1-5H3. The van der Waals surface area contributed by atoms with Crippen molar-refractivity contribution in [2.24, 2.45) is 11.1 Å². The number of nitrogens with two attached hydrogens (primary N) is 1. The van der Waals surface area contributed by atoms with Crippen molar-refractivity contribution in [3.05, 3.63) is 0 Å². The van der Waals surface area contributed by atoms with E-state index >= 15 is 0 Å². The highest BCUT2D eigenvalue weighted by Gasteiger charge is 2.31. The molecule has 78 valence electrons. The van der Waals surface area contributed by atoms with Gasteiger partial charge in [-0.3, -0.25) is 5.41 Å². The molecule has 0 unspecified atom stereocenters. The van der Waals surface area contributed by atoms with Gasteiger partial charge in [0.2, 0.25) is 0 Å². The van der Waals surface area contributed by atoms with E-state index in [1.807, 2.05) is 34.6 Å². The summed E-state index contributed by atoms with van der Waals surface area (Å²) in [4.78, 5) is 0. The van der Waals surface area contributed by atoms with Crippen LogP contribution in [0.1, 0.15) is 41.0 Å².